The number of likely N-dealkylation sites (tertiary alicyclic amines) is 1. The second-order valence-corrected chi connectivity index (χ2v) is 6.71. The fourth-order valence-corrected chi connectivity index (χ4v) is 3.01. The number of likely N-dealkylation sites (N-methyl/N-ethyl adjacent to an activating group) is 1. The molecule has 1 fully saturated rings. The summed E-state index contributed by atoms with van der Waals surface area (Å²) in [5, 5.41) is 0. The molecule has 138 valence electrons. The smallest absolute Gasteiger partial charge is 0.239 e. The van der Waals surface area contributed by atoms with Crippen molar-refractivity contribution in [3.63, 3.8) is 0 Å². The highest BCUT2D eigenvalue weighted by atomic mass is 35.5. The number of halogens is 2. The van der Waals surface area contributed by atoms with E-state index < -0.39 is 0 Å². The summed E-state index contributed by atoms with van der Waals surface area (Å²) in [6, 6.07) is 10.5. The first-order valence-electron chi connectivity index (χ1n) is 8.27. The van der Waals surface area contributed by atoms with E-state index >= 15 is 0 Å². The molecule has 2 rings (SSSR count). The van der Waals surface area contributed by atoms with Gasteiger partial charge in [-0.15, -0.1) is 24.8 Å². The molecule has 1 aromatic rings. The number of nitrogens with two attached hydrogens (primary N) is 1. The highest BCUT2D eigenvalue weighted by Gasteiger charge is 2.29. The molecule has 2 N–H and O–H groups in total. The summed E-state index contributed by atoms with van der Waals surface area (Å²) in [6.07, 6.45) is 2.06. The second kappa shape index (κ2) is 10.9. The lowest BCUT2D eigenvalue weighted by molar-refractivity contribution is -0.135. The molecule has 1 saturated heterocycles. The van der Waals surface area contributed by atoms with Crippen molar-refractivity contribution in [2.24, 2.45) is 11.7 Å². The molecule has 6 heteroatoms. The lowest BCUT2D eigenvalue weighted by Gasteiger charge is -2.38. The monoisotopic (exact) mass is 375 g/mol. The Morgan fingerprint density at radius 3 is 2.25 bits per heavy atom. The van der Waals surface area contributed by atoms with Gasteiger partial charge in [0, 0.05) is 32.7 Å². The third-order valence-corrected chi connectivity index (χ3v) is 4.70. The van der Waals surface area contributed by atoms with Gasteiger partial charge < -0.3 is 10.6 Å². The van der Waals surface area contributed by atoms with Gasteiger partial charge >= 0.3 is 0 Å². The van der Waals surface area contributed by atoms with Gasteiger partial charge in [0.1, 0.15) is 0 Å². The van der Waals surface area contributed by atoms with Gasteiger partial charge in [0.05, 0.1) is 6.04 Å². The Morgan fingerprint density at radius 2 is 1.75 bits per heavy atom. The molecule has 0 unspecified atom stereocenters. The summed E-state index contributed by atoms with van der Waals surface area (Å²) in [7, 11) is 1.90. The molecular weight excluding hydrogens is 345 g/mol. The Kier molecular flexibility index (Phi) is 10.6. The van der Waals surface area contributed by atoms with Crippen molar-refractivity contribution < 1.29 is 4.79 Å². The van der Waals surface area contributed by atoms with E-state index in [-0.39, 0.29) is 42.7 Å². The number of amides is 1. The number of nitrogens with zero attached hydrogens (tertiary/aromatic N) is 2. The average molecular weight is 376 g/mol. The largest absolute Gasteiger partial charge is 0.341 e. The van der Waals surface area contributed by atoms with Crippen LogP contribution in [0.1, 0.15) is 32.3 Å². The normalized spacial score (nSPS) is 16.9. The summed E-state index contributed by atoms with van der Waals surface area (Å²) in [6.45, 7) is 7.07. The number of hydrogen-bond acceptors (Lipinski definition) is 3. The highest BCUT2D eigenvalue weighted by Crippen LogP contribution is 2.18. The Bertz CT molecular complexity index is 476. The summed E-state index contributed by atoms with van der Waals surface area (Å²) >= 11 is 0. The number of carbonyl (C=O) groups excluding carboxylic acids is 1. The van der Waals surface area contributed by atoms with Crippen molar-refractivity contribution in [1.29, 1.82) is 0 Å². The molecule has 0 aromatic heterocycles. The van der Waals surface area contributed by atoms with Gasteiger partial charge in [0.25, 0.3) is 0 Å². The van der Waals surface area contributed by atoms with Gasteiger partial charge in [-0.25, -0.2) is 0 Å². The van der Waals surface area contributed by atoms with Gasteiger partial charge in [-0.1, -0.05) is 44.2 Å². The minimum Gasteiger partial charge on any atom is -0.341 e. The molecule has 24 heavy (non-hydrogen) atoms. The SMILES string of the molecule is CC(C)[C@@H](N)C(=O)N(C)C1CCN(Cc2ccccc2)CC1.Cl.Cl. The Morgan fingerprint density at radius 1 is 1.21 bits per heavy atom. The molecular formula is C18H31Cl2N3O. The summed E-state index contributed by atoms with van der Waals surface area (Å²) in [5.74, 6) is 0.268. The third-order valence-electron chi connectivity index (χ3n) is 4.70. The molecule has 1 aliphatic rings. The van der Waals surface area contributed by atoms with Crippen molar-refractivity contribution in [3.05, 3.63) is 35.9 Å². The van der Waals surface area contributed by atoms with Crippen LogP contribution in [0.15, 0.2) is 30.3 Å². The maximum atomic E-state index is 12.3. The Labute approximate surface area is 158 Å². The third kappa shape index (κ3) is 6.25. The first-order chi connectivity index (χ1) is 10.5. The van der Waals surface area contributed by atoms with Crippen molar-refractivity contribution in [1.82, 2.24) is 9.80 Å². The molecule has 1 amide bonds. The van der Waals surface area contributed by atoms with Crippen LogP contribution >= 0.6 is 24.8 Å². The molecule has 1 aliphatic heterocycles. The van der Waals surface area contributed by atoms with E-state index in [1.165, 1.54) is 5.56 Å². The van der Waals surface area contributed by atoms with Crippen LogP contribution in [0.3, 0.4) is 0 Å². The van der Waals surface area contributed by atoms with E-state index in [4.69, 9.17) is 5.73 Å². The van der Waals surface area contributed by atoms with Gasteiger partial charge in [0.15, 0.2) is 0 Å². The molecule has 0 spiro atoms. The zero-order valence-electron chi connectivity index (χ0n) is 14.9. The average Bonchev–Trinajstić information content (AvgIpc) is 2.54. The number of rotatable bonds is 5. The number of carbonyl (C=O) groups is 1. The maximum absolute atomic E-state index is 12.3. The first kappa shape index (κ1) is 23.2. The van der Waals surface area contributed by atoms with Crippen LogP contribution in [-0.2, 0) is 11.3 Å². The molecule has 0 aliphatic carbocycles. The molecule has 0 radical (unpaired) electrons. The highest BCUT2D eigenvalue weighted by molar-refractivity contribution is 5.85. The van der Waals surface area contributed by atoms with E-state index in [1.54, 1.807) is 0 Å². The van der Waals surface area contributed by atoms with Gasteiger partial charge in [-0.3, -0.25) is 9.69 Å². The molecule has 1 aromatic carbocycles. The lowest BCUT2D eigenvalue weighted by atomic mass is 9.99. The van der Waals surface area contributed by atoms with Crippen LogP contribution in [0.25, 0.3) is 0 Å². The Balaban J connectivity index is 0.00000264. The fourth-order valence-electron chi connectivity index (χ4n) is 3.01. The van der Waals surface area contributed by atoms with Gasteiger partial charge in [-0.05, 0) is 24.3 Å². The van der Waals surface area contributed by atoms with Crippen LogP contribution in [0.4, 0.5) is 0 Å². The topological polar surface area (TPSA) is 49.6 Å². The van der Waals surface area contributed by atoms with E-state index in [2.05, 4.69) is 29.2 Å². The van der Waals surface area contributed by atoms with E-state index in [0.29, 0.717) is 6.04 Å². The zero-order valence-corrected chi connectivity index (χ0v) is 16.5. The zero-order chi connectivity index (χ0) is 16.1. The van der Waals surface area contributed by atoms with E-state index in [1.807, 2.05) is 31.9 Å². The second-order valence-electron chi connectivity index (χ2n) is 6.71. The molecule has 1 atom stereocenters. The molecule has 0 bridgehead atoms. The van der Waals surface area contributed by atoms with Crippen LogP contribution in [0.5, 0.6) is 0 Å². The lowest BCUT2D eigenvalue weighted by Crippen LogP contribution is -2.51. The number of hydrogen-bond donors (Lipinski definition) is 1. The minimum atomic E-state index is -0.382. The van der Waals surface area contributed by atoms with Crippen molar-refractivity contribution in [2.45, 2.75) is 45.3 Å². The predicted molar refractivity (Wildman–Crippen MR) is 105 cm³/mol. The molecule has 4 nitrogen and oxygen atoms in total. The maximum Gasteiger partial charge on any atom is 0.239 e. The Hall–Kier alpha value is -0.810. The van der Waals surface area contributed by atoms with E-state index in [9.17, 15) is 4.79 Å². The molecule has 1 heterocycles. The van der Waals surface area contributed by atoms with E-state index in [0.717, 1.165) is 32.5 Å². The minimum absolute atomic E-state index is 0. The number of benzene rings is 1. The van der Waals surface area contributed by atoms with Gasteiger partial charge in [0.2, 0.25) is 5.91 Å². The van der Waals surface area contributed by atoms with Crippen LogP contribution in [0, 0.1) is 5.92 Å². The van der Waals surface area contributed by atoms with Crippen LogP contribution in [0.2, 0.25) is 0 Å². The summed E-state index contributed by atoms with van der Waals surface area (Å²) < 4.78 is 0. The standard InChI is InChI=1S/C18H29N3O.2ClH/c1-14(2)17(19)18(22)20(3)16-9-11-21(12-10-16)13-15-7-5-4-6-8-15;;/h4-8,14,16-17H,9-13,19H2,1-3H3;2*1H/t17-;;/m1../s1. The van der Waals surface area contributed by atoms with Crippen LogP contribution in [-0.4, -0.2) is 47.9 Å². The summed E-state index contributed by atoms with van der Waals surface area (Å²) in [4.78, 5) is 16.7. The molecule has 0 saturated carbocycles. The number of piperidine rings is 1. The van der Waals surface area contributed by atoms with Crippen molar-refractivity contribution in [3.8, 4) is 0 Å². The van der Waals surface area contributed by atoms with Crippen molar-refractivity contribution >= 4 is 30.7 Å². The fraction of sp³-hybridized carbons (Fsp3) is 0.611. The quantitative estimate of drug-likeness (QED) is 0.860. The summed E-state index contributed by atoms with van der Waals surface area (Å²) in [5.41, 5.74) is 7.35. The van der Waals surface area contributed by atoms with Crippen molar-refractivity contribution in [2.75, 3.05) is 20.1 Å². The van der Waals surface area contributed by atoms with Gasteiger partial charge in [-0.2, -0.15) is 0 Å². The first-order valence-corrected chi connectivity index (χ1v) is 8.27. The van der Waals surface area contributed by atoms with Crippen LogP contribution < -0.4 is 5.73 Å². The predicted octanol–water partition coefficient (Wildman–Crippen LogP) is 2.94.